The lowest BCUT2D eigenvalue weighted by atomic mass is 9.87. The molecule has 0 spiro atoms. The molecule has 0 saturated carbocycles. The van der Waals surface area contributed by atoms with E-state index in [0.717, 1.165) is 24.2 Å². The maximum Gasteiger partial charge on any atom is 0.124 e. The van der Waals surface area contributed by atoms with Crippen molar-refractivity contribution in [1.82, 2.24) is 0 Å². The minimum Gasteiger partial charge on any atom is -0.494 e. The van der Waals surface area contributed by atoms with Crippen LogP contribution >= 0.6 is 0 Å². The van der Waals surface area contributed by atoms with Gasteiger partial charge in [0, 0.05) is 11.6 Å². The first kappa shape index (κ1) is 14.0. The first-order valence-electron chi connectivity index (χ1n) is 6.41. The van der Waals surface area contributed by atoms with E-state index in [0.29, 0.717) is 12.0 Å². The number of para-hydroxylation sites is 1. The highest BCUT2D eigenvalue weighted by atomic mass is 16.5. The Morgan fingerprint density at radius 3 is 2.47 bits per heavy atom. The van der Waals surface area contributed by atoms with Crippen LogP contribution in [0.4, 0.5) is 0 Å². The van der Waals surface area contributed by atoms with Crippen molar-refractivity contribution in [2.24, 2.45) is 11.1 Å². The maximum atomic E-state index is 6.25. The molecule has 0 aromatic heterocycles. The standard InChI is InChI=1S/C15H25NO/c1-5-17-14-9-7-6-8-12(14)13(16)10-11-15(2,3)4/h6-9,13H,5,10-11,16H2,1-4H3. The molecule has 0 aliphatic carbocycles. The molecule has 1 atom stereocenters. The van der Waals surface area contributed by atoms with Crippen LogP contribution in [0.25, 0.3) is 0 Å². The minimum absolute atomic E-state index is 0.0666. The van der Waals surface area contributed by atoms with Gasteiger partial charge in [-0.2, -0.15) is 0 Å². The van der Waals surface area contributed by atoms with Gasteiger partial charge in [-0.3, -0.25) is 0 Å². The Bertz CT molecular complexity index is 341. The van der Waals surface area contributed by atoms with Crippen molar-refractivity contribution in [3.63, 3.8) is 0 Å². The highest BCUT2D eigenvalue weighted by molar-refractivity contribution is 5.35. The smallest absolute Gasteiger partial charge is 0.124 e. The zero-order chi connectivity index (χ0) is 12.9. The van der Waals surface area contributed by atoms with E-state index >= 15 is 0 Å². The molecule has 1 aromatic carbocycles. The molecule has 2 nitrogen and oxygen atoms in total. The zero-order valence-electron chi connectivity index (χ0n) is 11.5. The van der Waals surface area contributed by atoms with E-state index in [1.165, 1.54) is 0 Å². The van der Waals surface area contributed by atoms with Gasteiger partial charge in [0.2, 0.25) is 0 Å². The summed E-state index contributed by atoms with van der Waals surface area (Å²) in [7, 11) is 0. The van der Waals surface area contributed by atoms with E-state index in [9.17, 15) is 0 Å². The molecule has 96 valence electrons. The molecular formula is C15H25NO. The fourth-order valence-electron chi connectivity index (χ4n) is 1.82. The average Bonchev–Trinajstić information content (AvgIpc) is 2.26. The van der Waals surface area contributed by atoms with Crippen molar-refractivity contribution in [3.05, 3.63) is 29.8 Å². The predicted octanol–water partition coefficient (Wildman–Crippen LogP) is 3.91. The molecule has 0 saturated heterocycles. The lowest BCUT2D eigenvalue weighted by Gasteiger charge is -2.22. The molecule has 1 rings (SSSR count). The van der Waals surface area contributed by atoms with Crippen molar-refractivity contribution >= 4 is 0 Å². The maximum absolute atomic E-state index is 6.25. The summed E-state index contributed by atoms with van der Waals surface area (Å²) in [5.74, 6) is 0.927. The van der Waals surface area contributed by atoms with E-state index in [2.05, 4.69) is 26.8 Å². The van der Waals surface area contributed by atoms with Gasteiger partial charge in [-0.1, -0.05) is 39.0 Å². The van der Waals surface area contributed by atoms with Gasteiger partial charge < -0.3 is 10.5 Å². The third-order valence-electron chi connectivity index (χ3n) is 2.82. The van der Waals surface area contributed by atoms with Crippen LogP contribution in [0.2, 0.25) is 0 Å². The van der Waals surface area contributed by atoms with Crippen molar-refractivity contribution in [2.75, 3.05) is 6.61 Å². The monoisotopic (exact) mass is 235 g/mol. The molecule has 1 unspecified atom stereocenters. The van der Waals surface area contributed by atoms with Crippen molar-refractivity contribution in [2.45, 2.75) is 46.6 Å². The van der Waals surface area contributed by atoms with E-state index in [1.807, 2.05) is 25.1 Å². The lowest BCUT2D eigenvalue weighted by Crippen LogP contribution is -2.15. The SMILES string of the molecule is CCOc1ccccc1C(N)CCC(C)(C)C. The van der Waals surface area contributed by atoms with Crippen LogP contribution in [0.3, 0.4) is 0 Å². The second-order valence-corrected chi connectivity index (χ2v) is 5.68. The number of hydrogen-bond donors (Lipinski definition) is 1. The normalized spacial score (nSPS) is 13.5. The zero-order valence-corrected chi connectivity index (χ0v) is 11.5. The van der Waals surface area contributed by atoms with E-state index in [-0.39, 0.29) is 6.04 Å². The number of hydrogen-bond acceptors (Lipinski definition) is 2. The molecule has 0 amide bonds. The first-order chi connectivity index (χ1) is 7.94. The van der Waals surface area contributed by atoms with Crippen molar-refractivity contribution in [3.8, 4) is 5.75 Å². The number of ether oxygens (including phenoxy) is 1. The van der Waals surface area contributed by atoms with Gasteiger partial charge in [-0.15, -0.1) is 0 Å². The van der Waals surface area contributed by atoms with Crippen LogP contribution in [0, 0.1) is 5.41 Å². The third-order valence-corrected chi connectivity index (χ3v) is 2.82. The van der Waals surface area contributed by atoms with Gasteiger partial charge >= 0.3 is 0 Å². The Labute approximate surface area is 105 Å². The Morgan fingerprint density at radius 2 is 1.88 bits per heavy atom. The van der Waals surface area contributed by atoms with Crippen molar-refractivity contribution < 1.29 is 4.74 Å². The van der Waals surface area contributed by atoms with Crippen LogP contribution in [0.1, 0.15) is 52.1 Å². The average molecular weight is 235 g/mol. The topological polar surface area (TPSA) is 35.2 Å². The molecule has 2 heteroatoms. The summed E-state index contributed by atoms with van der Waals surface area (Å²) in [5.41, 5.74) is 7.71. The van der Waals surface area contributed by atoms with Gasteiger partial charge in [0.05, 0.1) is 6.61 Å². The molecule has 0 aliphatic rings. The minimum atomic E-state index is 0.0666. The Hall–Kier alpha value is -1.02. The molecule has 0 aliphatic heterocycles. The highest BCUT2D eigenvalue weighted by Gasteiger charge is 2.16. The lowest BCUT2D eigenvalue weighted by molar-refractivity contribution is 0.324. The summed E-state index contributed by atoms with van der Waals surface area (Å²) >= 11 is 0. The summed E-state index contributed by atoms with van der Waals surface area (Å²) < 4.78 is 5.61. The van der Waals surface area contributed by atoms with Crippen LogP contribution in [-0.4, -0.2) is 6.61 Å². The largest absolute Gasteiger partial charge is 0.494 e. The molecule has 17 heavy (non-hydrogen) atoms. The summed E-state index contributed by atoms with van der Waals surface area (Å²) in [4.78, 5) is 0. The fraction of sp³-hybridized carbons (Fsp3) is 0.600. The second kappa shape index (κ2) is 6.06. The summed E-state index contributed by atoms with van der Waals surface area (Å²) in [5, 5.41) is 0. The van der Waals surface area contributed by atoms with Crippen LogP contribution in [-0.2, 0) is 0 Å². The van der Waals surface area contributed by atoms with Crippen LogP contribution in [0.15, 0.2) is 24.3 Å². The Morgan fingerprint density at radius 1 is 1.24 bits per heavy atom. The number of nitrogens with two attached hydrogens (primary N) is 1. The fourth-order valence-corrected chi connectivity index (χ4v) is 1.82. The van der Waals surface area contributed by atoms with Crippen LogP contribution in [0.5, 0.6) is 5.75 Å². The Balaban J connectivity index is 2.70. The predicted molar refractivity (Wildman–Crippen MR) is 73.2 cm³/mol. The summed E-state index contributed by atoms with van der Waals surface area (Å²) in [6.07, 6.45) is 2.11. The molecule has 1 aromatic rings. The van der Waals surface area contributed by atoms with E-state index in [1.54, 1.807) is 0 Å². The van der Waals surface area contributed by atoms with E-state index < -0.39 is 0 Å². The summed E-state index contributed by atoms with van der Waals surface area (Å²) in [6, 6.07) is 8.14. The summed E-state index contributed by atoms with van der Waals surface area (Å²) in [6.45, 7) is 9.41. The van der Waals surface area contributed by atoms with Gasteiger partial charge in [0.25, 0.3) is 0 Å². The van der Waals surface area contributed by atoms with Crippen molar-refractivity contribution in [1.29, 1.82) is 0 Å². The van der Waals surface area contributed by atoms with Gasteiger partial charge in [0.1, 0.15) is 5.75 Å². The molecule has 2 N–H and O–H groups in total. The number of benzene rings is 1. The quantitative estimate of drug-likeness (QED) is 0.839. The molecule has 0 heterocycles. The second-order valence-electron chi connectivity index (χ2n) is 5.68. The highest BCUT2D eigenvalue weighted by Crippen LogP contribution is 2.30. The van der Waals surface area contributed by atoms with E-state index in [4.69, 9.17) is 10.5 Å². The number of rotatable bonds is 5. The molecule has 0 radical (unpaired) electrons. The Kier molecular flexibility index (Phi) is 5.01. The van der Waals surface area contributed by atoms with Gasteiger partial charge in [-0.25, -0.2) is 0 Å². The molecule has 0 bridgehead atoms. The molecular weight excluding hydrogens is 210 g/mol. The molecule has 0 fully saturated rings. The van der Waals surface area contributed by atoms with Crippen LogP contribution < -0.4 is 10.5 Å². The van der Waals surface area contributed by atoms with Gasteiger partial charge in [-0.05, 0) is 31.2 Å². The third kappa shape index (κ3) is 4.78. The van der Waals surface area contributed by atoms with Gasteiger partial charge in [0.15, 0.2) is 0 Å². The first-order valence-corrected chi connectivity index (χ1v) is 6.41.